The lowest BCUT2D eigenvalue weighted by molar-refractivity contribution is -0.000678. The van der Waals surface area contributed by atoms with Crippen molar-refractivity contribution in [3.05, 3.63) is 70.7 Å². The Balaban J connectivity index is 1.44. The van der Waals surface area contributed by atoms with Crippen molar-refractivity contribution in [2.45, 2.75) is 35.6 Å². The van der Waals surface area contributed by atoms with Gasteiger partial charge in [-0.3, -0.25) is 9.80 Å². The second-order valence-electron chi connectivity index (χ2n) is 8.90. The minimum absolute atomic E-state index is 0.0996. The molecule has 1 aromatic heterocycles. The fourth-order valence-corrected chi connectivity index (χ4v) is 7.08. The predicted molar refractivity (Wildman–Crippen MR) is 128 cm³/mol. The second kappa shape index (κ2) is 10.4. The summed E-state index contributed by atoms with van der Waals surface area (Å²) in [5, 5.41) is 0.412. The van der Waals surface area contributed by atoms with Gasteiger partial charge in [-0.1, -0.05) is 18.2 Å². The molecule has 0 spiro atoms. The van der Waals surface area contributed by atoms with Gasteiger partial charge in [0.15, 0.2) is 9.84 Å². The molecule has 0 saturated carbocycles. The summed E-state index contributed by atoms with van der Waals surface area (Å²) in [4.78, 5) is 8.09. The Hall–Kier alpha value is -2.54. The molecule has 2 aliphatic rings. The van der Waals surface area contributed by atoms with Gasteiger partial charge in [0.2, 0.25) is 0 Å². The molecular formula is C24H25F3N4O3S2. The van der Waals surface area contributed by atoms with Crippen LogP contribution in [-0.2, 0) is 15.6 Å². The summed E-state index contributed by atoms with van der Waals surface area (Å²) < 4.78 is 75.5. The first-order valence-corrected chi connectivity index (χ1v) is 14.0. The van der Waals surface area contributed by atoms with E-state index in [2.05, 4.69) is 14.3 Å². The molecule has 0 aliphatic carbocycles. The van der Waals surface area contributed by atoms with E-state index in [4.69, 9.17) is 4.74 Å². The maximum Gasteiger partial charge on any atom is 0.251 e. The molecule has 0 unspecified atom stereocenters. The van der Waals surface area contributed by atoms with Crippen LogP contribution in [0.2, 0.25) is 0 Å². The first kappa shape index (κ1) is 25.1. The monoisotopic (exact) mass is 538 g/mol. The van der Waals surface area contributed by atoms with Gasteiger partial charge in [0.25, 0.3) is 6.43 Å². The molecule has 3 aromatic rings. The van der Waals surface area contributed by atoms with Crippen LogP contribution in [0, 0.1) is 5.82 Å². The van der Waals surface area contributed by atoms with Gasteiger partial charge in [0.05, 0.1) is 18.0 Å². The first-order valence-electron chi connectivity index (χ1n) is 11.6. The summed E-state index contributed by atoms with van der Waals surface area (Å²) in [6, 6.07) is 10.7. The topological polar surface area (TPSA) is 75.6 Å². The van der Waals surface area contributed by atoms with Crippen molar-refractivity contribution in [3.63, 3.8) is 0 Å². The van der Waals surface area contributed by atoms with Crippen LogP contribution in [-0.4, -0.2) is 66.8 Å². The van der Waals surface area contributed by atoms with E-state index in [0.29, 0.717) is 43.4 Å². The van der Waals surface area contributed by atoms with Crippen LogP contribution in [0.3, 0.4) is 0 Å². The number of halogens is 3. The highest BCUT2D eigenvalue weighted by Gasteiger charge is 2.37. The van der Waals surface area contributed by atoms with Crippen LogP contribution in [0.1, 0.15) is 34.6 Å². The fourth-order valence-electron chi connectivity index (χ4n) is 4.96. The Labute approximate surface area is 211 Å². The Morgan fingerprint density at radius 2 is 1.92 bits per heavy atom. The predicted octanol–water partition coefficient (Wildman–Crippen LogP) is 4.10. The Bertz CT molecular complexity index is 1290. The van der Waals surface area contributed by atoms with Crippen molar-refractivity contribution in [1.29, 1.82) is 0 Å². The standard InChI is InChI=1S/C24H25F3N4O3S2/c25-17-3-1-16(2-4-17)21-12-30(13-23(26)27)8-9-31(21)20-7-10-34-22-11-18(5-6-19(20)22)36(32,33)14-24-28-15-29-35-24/h1-6,11,15,20-21,23H,7-10,12-14H2/t20-,21-/m0/s1. The maximum absolute atomic E-state index is 13.6. The van der Waals surface area contributed by atoms with Crippen LogP contribution in [0.15, 0.2) is 53.7 Å². The third-order valence-electron chi connectivity index (χ3n) is 6.63. The van der Waals surface area contributed by atoms with Gasteiger partial charge in [0.1, 0.15) is 28.7 Å². The molecule has 3 heterocycles. The zero-order valence-corrected chi connectivity index (χ0v) is 20.9. The maximum atomic E-state index is 13.6. The lowest BCUT2D eigenvalue weighted by atomic mass is 9.93. The number of piperazine rings is 1. The number of hydrogen-bond acceptors (Lipinski definition) is 8. The molecule has 0 radical (unpaired) electrons. The molecule has 0 amide bonds. The highest BCUT2D eigenvalue weighted by molar-refractivity contribution is 7.90. The molecule has 1 fully saturated rings. The first-order chi connectivity index (χ1) is 17.3. The number of hydrogen-bond donors (Lipinski definition) is 0. The minimum Gasteiger partial charge on any atom is -0.493 e. The summed E-state index contributed by atoms with van der Waals surface area (Å²) in [7, 11) is -3.63. The van der Waals surface area contributed by atoms with E-state index in [0.717, 1.165) is 22.7 Å². The molecule has 2 atom stereocenters. The molecule has 7 nitrogen and oxygen atoms in total. The number of benzene rings is 2. The Morgan fingerprint density at radius 3 is 2.64 bits per heavy atom. The largest absolute Gasteiger partial charge is 0.493 e. The molecule has 192 valence electrons. The number of aromatic nitrogens is 2. The third-order valence-corrected chi connectivity index (χ3v) is 9.10. The number of alkyl halides is 2. The molecule has 36 heavy (non-hydrogen) atoms. The van der Waals surface area contributed by atoms with E-state index in [9.17, 15) is 21.6 Å². The van der Waals surface area contributed by atoms with Crippen molar-refractivity contribution in [3.8, 4) is 5.75 Å². The van der Waals surface area contributed by atoms with E-state index >= 15 is 0 Å². The van der Waals surface area contributed by atoms with Gasteiger partial charge in [-0.25, -0.2) is 26.6 Å². The summed E-state index contributed by atoms with van der Waals surface area (Å²) in [5.74, 6) is -0.0970. The molecule has 2 aromatic carbocycles. The van der Waals surface area contributed by atoms with E-state index in [-0.39, 0.29) is 35.1 Å². The van der Waals surface area contributed by atoms with E-state index in [1.165, 1.54) is 18.5 Å². The van der Waals surface area contributed by atoms with Crippen molar-refractivity contribution >= 4 is 21.4 Å². The van der Waals surface area contributed by atoms with Gasteiger partial charge >= 0.3 is 0 Å². The van der Waals surface area contributed by atoms with Gasteiger partial charge in [-0.05, 0) is 41.4 Å². The van der Waals surface area contributed by atoms with Crippen LogP contribution >= 0.6 is 11.5 Å². The number of rotatable bonds is 7. The fraction of sp³-hybridized carbons (Fsp3) is 0.417. The van der Waals surface area contributed by atoms with Crippen LogP contribution in [0.4, 0.5) is 13.2 Å². The molecule has 2 aliphatic heterocycles. The smallest absolute Gasteiger partial charge is 0.251 e. The summed E-state index contributed by atoms with van der Waals surface area (Å²) >= 11 is 1.04. The third kappa shape index (κ3) is 5.41. The molecule has 1 saturated heterocycles. The summed E-state index contributed by atoms with van der Waals surface area (Å²) in [6.45, 7) is 1.48. The van der Waals surface area contributed by atoms with Crippen LogP contribution in [0.5, 0.6) is 5.75 Å². The summed E-state index contributed by atoms with van der Waals surface area (Å²) in [6.07, 6.45) is -0.444. The van der Waals surface area contributed by atoms with Crippen molar-refractivity contribution in [1.82, 2.24) is 19.2 Å². The molecule has 0 N–H and O–H groups in total. The van der Waals surface area contributed by atoms with Crippen LogP contribution < -0.4 is 4.74 Å². The lowest BCUT2D eigenvalue weighted by Gasteiger charge is -2.46. The van der Waals surface area contributed by atoms with E-state index in [1.54, 1.807) is 35.2 Å². The molecular weight excluding hydrogens is 513 g/mol. The lowest BCUT2D eigenvalue weighted by Crippen LogP contribution is -2.51. The van der Waals surface area contributed by atoms with E-state index < -0.39 is 16.3 Å². The SMILES string of the molecule is O=S(=O)(Cc1ncns1)c1ccc2c(c1)OCC[C@@H]2N1CCN(CC(F)F)C[C@H]1c1ccc(F)cc1. The molecule has 12 heteroatoms. The van der Waals surface area contributed by atoms with Gasteiger partial charge < -0.3 is 4.74 Å². The average molecular weight is 539 g/mol. The van der Waals surface area contributed by atoms with Crippen molar-refractivity contribution in [2.75, 3.05) is 32.8 Å². The van der Waals surface area contributed by atoms with E-state index in [1.807, 2.05) is 0 Å². The highest BCUT2D eigenvalue weighted by atomic mass is 32.2. The molecule has 0 bridgehead atoms. The summed E-state index contributed by atoms with van der Waals surface area (Å²) in [5.41, 5.74) is 1.70. The Morgan fingerprint density at radius 1 is 1.11 bits per heavy atom. The number of sulfone groups is 1. The van der Waals surface area contributed by atoms with Crippen LogP contribution in [0.25, 0.3) is 0 Å². The second-order valence-corrected chi connectivity index (χ2v) is 11.8. The number of fused-ring (bicyclic) bond motifs is 1. The quantitative estimate of drug-likeness (QED) is 0.448. The number of nitrogens with zero attached hydrogens (tertiary/aromatic N) is 4. The zero-order chi connectivity index (χ0) is 25.3. The normalized spacial score (nSPS) is 21.3. The van der Waals surface area contributed by atoms with Gasteiger partial charge in [0, 0.05) is 43.7 Å². The van der Waals surface area contributed by atoms with Crippen molar-refractivity contribution in [2.24, 2.45) is 0 Å². The number of ether oxygens (including phenoxy) is 1. The highest BCUT2D eigenvalue weighted by Crippen LogP contribution is 2.42. The average Bonchev–Trinajstić information content (AvgIpc) is 3.36. The Kier molecular flexibility index (Phi) is 7.29. The minimum atomic E-state index is -3.63. The van der Waals surface area contributed by atoms with Crippen molar-refractivity contribution < 1.29 is 26.3 Å². The van der Waals surface area contributed by atoms with Gasteiger partial charge in [-0.2, -0.15) is 4.37 Å². The van der Waals surface area contributed by atoms with Gasteiger partial charge in [-0.15, -0.1) is 0 Å². The molecule has 5 rings (SSSR count). The zero-order valence-electron chi connectivity index (χ0n) is 19.3.